The lowest BCUT2D eigenvalue weighted by molar-refractivity contribution is -0.121. The number of carbonyl (C=O) groups is 1. The number of benzene rings is 1. The molecular formula is C17H27ClN2O3. The van der Waals surface area contributed by atoms with E-state index in [0.717, 1.165) is 25.1 Å². The van der Waals surface area contributed by atoms with Gasteiger partial charge in [0.15, 0.2) is 11.5 Å². The van der Waals surface area contributed by atoms with E-state index in [4.69, 9.17) is 9.47 Å². The Morgan fingerprint density at radius 3 is 2.87 bits per heavy atom. The Bertz CT molecular complexity index is 491. The van der Waals surface area contributed by atoms with Gasteiger partial charge in [-0.3, -0.25) is 4.79 Å². The Morgan fingerprint density at radius 1 is 1.39 bits per heavy atom. The Labute approximate surface area is 144 Å². The van der Waals surface area contributed by atoms with Crippen LogP contribution >= 0.6 is 12.4 Å². The van der Waals surface area contributed by atoms with Crippen molar-refractivity contribution in [1.29, 1.82) is 0 Å². The molecule has 0 spiro atoms. The molecule has 1 heterocycles. The van der Waals surface area contributed by atoms with Crippen molar-refractivity contribution in [2.45, 2.75) is 32.7 Å². The van der Waals surface area contributed by atoms with Crippen LogP contribution in [0.15, 0.2) is 18.2 Å². The lowest BCUT2D eigenvalue weighted by Gasteiger charge is -2.12. The molecule has 1 atom stereocenters. The maximum atomic E-state index is 11.9. The highest BCUT2D eigenvalue weighted by Gasteiger charge is 2.15. The molecule has 1 amide bonds. The van der Waals surface area contributed by atoms with E-state index in [-0.39, 0.29) is 18.3 Å². The Hall–Kier alpha value is -1.46. The minimum atomic E-state index is 0. The van der Waals surface area contributed by atoms with Crippen molar-refractivity contribution < 1.29 is 14.3 Å². The van der Waals surface area contributed by atoms with Crippen molar-refractivity contribution in [1.82, 2.24) is 10.6 Å². The van der Waals surface area contributed by atoms with Crippen LogP contribution in [0.3, 0.4) is 0 Å². The smallest absolute Gasteiger partial charge is 0.220 e. The van der Waals surface area contributed by atoms with Crippen LogP contribution in [0.2, 0.25) is 0 Å². The SMILES string of the molecule is CCOc1cc(CNC(=O)CCC2CCNC2)ccc1OC.Cl. The minimum absolute atomic E-state index is 0. The first-order valence-electron chi connectivity index (χ1n) is 8.00. The van der Waals surface area contributed by atoms with Gasteiger partial charge in [0, 0.05) is 13.0 Å². The fraction of sp³-hybridized carbons (Fsp3) is 0.588. The largest absolute Gasteiger partial charge is 0.493 e. The molecule has 0 radical (unpaired) electrons. The molecule has 1 unspecified atom stereocenters. The molecule has 1 aromatic carbocycles. The van der Waals surface area contributed by atoms with E-state index in [1.165, 1.54) is 6.42 Å². The zero-order chi connectivity index (χ0) is 15.8. The summed E-state index contributed by atoms with van der Waals surface area (Å²) in [6.07, 6.45) is 2.75. The summed E-state index contributed by atoms with van der Waals surface area (Å²) in [5.41, 5.74) is 1.01. The molecule has 130 valence electrons. The first-order chi connectivity index (χ1) is 10.7. The van der Waals surface area contributed by atoms with Gasteiger partial charge in [-0.25, -0.2) is 0 Å². The molecule has 1 aliphatic rings. The monoisotopic (exact) mass is 342 g/mol. The second kappa shape index (κ2) is 10.3. The lowest BCUT2D eigenvalue weighted by Crippen LogP contribution is -2.23. The molecule has 23 heavy (non-hydrogen) atoms. The summed E-state index contributed by atoms with van der Waals surface area (Å²) in [5, 5.41) is 6.30. The molecule has 2 rings (SSSR count). The van der Waals surface area contributed by atoms with E-state index in [1.54, 1.807) is 7.11 Å². The summed E-state index contributed by atoms with van der Waals surface area (Å²) in [6, 6.07) is 5.74. The van der Waals surface area contributed by atoms with Crippen molar-refractivity contribution in [3.63, 3.8) is 0 Å². The van der Waals surface area contributed by atoms with Crippen molar-refractivity contribution in [3.05, 3.63) is 23.8 Å². The van der Waals surface area contributed by atoms with Crippen molar-refractivity contribution in [3.8, 4) is 11.5 Å². The normalized spacial score (nSPS) is 16.5. The number of rotatable bonds is 8. The van der Waals surface area contributed by atoms with Gasteiger partial charge >= 0.3 is 0 Å². The Kier molecular flexibility index (Phi) is 8.81. The highest BCUT2D eigenvalue weighted by Crippen LogP contribution is 2.28. The molecule has 1 fully saturated rings. The fourth-order valence-corrected chi connectivity index (χ4v) is 2.68. The van der Waals surface area contributed by atoms with Crippen LogP contribution in [-0.2, 0) is 11.3 Å². The average Bonchev–Trinajstić information content (AvgIpc) is 3.05. The van der Waals surface area contributed by atoms with Gasteiger partial charge in [0.25, 0.3) is 0 Å². The third kappa shape index (κ3) is 6.28. The van der Waals surface area contributed by atoms with Crippen LogP contribution < -0.4 is 20.1 Å². The maximum absolute atomic E-state index is 11.9. The van der Waals surface area contributed by atoms with Gasteiger partial charge in [0.1, 0.15) is 0 Å². The third-order valence-corrected chi connectivity index (χ3v) is 3.96. The van der Waals surface area contributed by atoms with E-state index in [0.29, 0.717) is 37.0 Å². The van der Waals surface area contributed by atoms with Gasteiger partial charge in [0.2, 0.25) is 5.91 Å². The molecule has 0 aliphatic carbocycles. The van der Waals surface area contributed by atoms with Gasteiger partial charge in [-0.05, 0) is 56.5 Å². The number of hydrogen-bond donors (Lipinski definition) is 2. The van der Waals surface area contributed by atoms with Gasteiger partial charge in [-0.15, -0.1) is 12.4 Å². The molecule has 0 bridgehead atoms. The summed E-state index contributed by atoms with van der Waals surface area (Å²) >= 11 is 0. The lowest BCUT2D eigenvalue weighted by atomic mass is 10.0. The van der Waals surface area contributed by atoms with E-state index in [1.807, 2.05) is 25.1 Å². The average molecular weight is 343 g/mol. The zero-order valence-electron chi connectivity index (χ0n) is 13.9. The summed E-state index contributed by atoms with van der Waals surface area (Å²) in [5.74, 6) is 2.19. The molecule has 1 saturated heterocycles. The summed E-state index contributed by atoms with van der Waals surface area (Å²) < 4.78 is 10.8. The minimum Gasteiger partial charge on any atom is -0.493 e. The van der Waals surface area contributed by atoms with Gasteiger partial charge in [-0.1, -0.05) is 6.07 Å². The van der Waals surface area contributed by atoms with Crippen LogP contribution in [0.1, 0.15) is 31.7 Å². The highest BCUT2D eigenvalue weighted by atomic mass is 35.5. The number of nitrogens with one attached hydrogen (secondary N) is 2. The van der Waals surface area contributed by atoms with Crippen LogP contribution in [0, 0.1) is 5.92 Å². The third-order valence-electron chi connectivity index (χ3n) is 3.96. The van der Waals surface area contributed by atoms with E-state index in [2.05, 4.69) is 10.6 Å². The zero-order valence-corrected chi connectivity index (χ0v) is 14.7. The molecule has 0 aromatic heterocycles. The standard InChI is InChI=1S/C17H26N2O3.ClH/c1-3-22-16-10-14(4-6-15(16)21-2)12-19-17(20)7-5-13-8-9-18-11-13;/h4,6,10,13,18H,3,5,7-9,11-12H2,1-2H3,(H,19,20);1H. The Balaban J connectivity index is 0.00000264. The first-order valence-corrected chi connectivity index (χ1v) is 8.00. The Morgan fingerprint density at radius 2 is 2.22 bits per heavy atom. The molecule has 6 heteroatoms. The van der Waals surface area contributed by atoms with Crippen molar-refractivity contribution in [2.75, 3.05) is 26.8 Å². The maximum Gasteiger partial charge on any atom is 0.220 e. The fourth-order valence-electron chi connectivity index (χ4n) is 2.68. The van der Waals surface area contributed by atoms with Crippen LogP contribution in [0.25, 0.3) is 0 Å². The topological polar surface area (TPSA) is 59.6 Å². The van der Waals surface area contributed by atoms with Gasteiger partial charge < -0.3 is 20.1 Å². The van der Waals surface area contributed by atoms with Crippen molar-refractivity contribution in [2.24, 2.45) is 5.92 Å². The highest BCUT2D eigenvalue weighted by molar-refractivity contribution is 5.85. The first kappa shape index (κ1) is 19.6. The quantitative estimate of drug-likeness (QED) is 0.762. The molecule has 1 aromatic rings. The number of carbonyl (C=O) groups excluding carboxylic acids is 1. The summed E-state index contributed by atoms with van der Waals surface area (Å²) in [6.45, 7) is 5.17. The molecule has 0 saturated carbocycles. The van der Waals surface area contributed by atoms with Gasteiger partial charge in [-0.2, -0.15) is 0 Å². The second-order valence-electron chi connectivity index (χ2n) is 5.59. The van der Waals surface area contributed by atoms with Gasteiger partial charge in [0.05, 0.1) is 13.7 Å². The van der Waals surface area contributed by atoms with Crippen LogP contribution in [-0.4, -0.2) is 32.7 Å². The number of halogens is 1. The van der Waals surface area contributed by atoms with E-state index < -0.39 is 0 Å². The second-order valence-corrected chi connectivity index (χ2v) is 5.59. The number of hydrogen-bond acceptors (Lipinski definition) is 4. The number of amides is 1. The summed E-state index contributed by atoms with van der Waals surface area (Å²) in [7, 11) is 1.62. The van der Waals surface area contributed by atoms with E-state index >= 15 is 0 Å². The summed E-state index contributed by atoms with van der Waals surface area (Å²) in [4.78, 5) is 11.9. The molecular weight excluding hydrogens is 316 g/mol. The van der Waals surface area contributed by atoms with Crippen molar-refractivity contribution >= 4 is 18.3 Å². The van der Waals surface area contributed by atoms with Crippen LogP contribution in [0.5, 0.6) is 11.5 Å². The molecule has 1 aliphatic heterocycles. The number of ether oxygens (including phenoxy) is 2. The number of methoxy groups -OCH3 is 1. The molecule has 2 N–H and O–H groups in total. The predicted molar refractivity (Wildman–Crippen MR) is 93.5 cm³/mol. The van der Waals surface area contributed by atoms with E-state index in [9.17, 15) is 4.79 Å². The molecule has 5 nitrogen and oxygen atoms in total. The van der Waals surface area contributed by atoms with Crippen LogP contribution in [0.4, 0.5) is 0 Å². The predicted octanol–water partition coefficient (Wildman–Crippen LogP) is 2.52.